The summed E-state index contributed by atoms with van der Waals surface area (Å²) in [5, 5.41) is 0.343. The van der Waals surface area contributed by atoms with Crippen molar-refractivity contribution in [2.45, 2.75) is 19.3 Å². The van der Waals surface area contributed by atoms with Gasteiger partial charge in [-0.1, -0.05) is 11.6 Å². The SMILES string of the molecule is O=C1C2CCC(C2)C(=O)N1c1ncccc1Cl. The molecule has 1 saturated carbocycles. The zero-order valence-corrected chi connectivity index (χ0v) is 9.85. The number of fused-ring (bicyclic) bond motifs is 2. The van der Waals surface area contributed by atoms with E-state index in [0.29, 0.717) is 11.4 Å². The van der Waals surface area contributed by atoms with Crippen LogP contribution in [0.1, 0.15) is 19.3 Å². The van der Waals surface area contributed by atoms with Gasteiger partial charge >= 0.3 is 0 Å². The highest BCUT2D eigenvalue weighted by molar-refractivity contribution is 6.35. The molecule has 1 aliphatic carbocycles. The number of hydrogen-bond donors (Lipinski definition) is 0. The quantitative estimate of drug-likeness (QED) is 0.717. The molecule has 2 heterocycles. The molecule has 2 aliphatic rings. The minimum Gasteiger partial charge on any atom is -0.274 e. The number of anilines is 1. The van der Waals surface area contributed by atoms with Gasteiger partial charge in [0.15, 0.2) is 5.82 Å². The van der Waals surface area contributed by atoms with Crippen LogP contribution in [0.3, 0.4) is 0 Å². The molecule has 3 rings (SSSR count). The van der Waals surface area contributed by atoms with E-state index >= 15 is 0 Å². The van der Waals surface area contributed by atoms with E-state index in [4.69, 9.17) is 11.6 Å². The Hall–Kier alpha value is -1.42. The van der Waals surface area contributed by atoms with Crippen LogP contribution >= 0.6 is 11.6 Å². The van der Waals surface area contributed by atoms with Crippen LogP contribution in [-0.4, -0.2) is 16.8 Å². The Morgan fingerprint density at radius 2 is 1.88 bits per heavy atom. The third kappa shape index (κ3) is 1.55. The molecular weight excluding hydrogens is 240 g/mol. The molecule has 2 amide bonds. The van der Waals surface area contributed by atoms with E-state index in [9.17, 15) is 9.59 Å². The summed E-state index contributed by atoms with van der Waals surface area (Å²) in [6.07, 6.45) is 3.84. The van der Waals surface area contributed by atoms with Crippen molar-refractivity contribution >= 4 is 29.2 Å². The number of carbonyl (C=O) groups is 2. The predicted molar refractivity (Wildman–Crippen MR) is 62.6 cm³/mol. The molecule has 2 bridgehead atoms. The monoisotopic (exact) mass is 250 g/mol. The standard InChI is InChI=1S/C12H11ClN2O2/c13-9-2-1-5-14-10(9)15-11(16)7-3-4-8(6-7)12(15)17/h1-2,5,7-8H,3-4,6H2. The minimum atomic E-state index is -0.149. The number of pyridine rings is 1. The molecular formula is C12H11ClN2O2. The van der Waals surface area contributed by atoms with Gasteiger partial charge in [0.25, 0.3) is 0 Å². The number of hydrogen-bond acceptors (Lipinski definition) is 3. The predicted octanol–water partition coefficient (Wildman–Crippen LogP) is 2.02. The Kier molecular flexibility index (Phi) is 2.40. The molecule has 88 valence electrons. The number of halogens is 1. The zero-order valence-electron chi connectivity index (χ0n) is 9.10. The van der Waals surface area contributed by atoms with Crippen molar-refractivity contribution in [3.05, 3.63) is 23.4 Å². The molecule has 5 heteroatoms. The van der Waals surface area contributed by atoms with Gasteiger partial charge < -0.3 is 0 Å². The lowest BCUT2D eigenvalue weighted by molar-refractivity contribution is -0.133. The van der Waals surface area contributed by atoms with E-state index in [1.807, 2.05) is 0 Å². The molecule has 1 saturated heterocycles. The Balaban J connectivity index is 2.05. The van der Waals surface area contributed by atoms with Crippen molar-refractivity contribution in [1.82, 2.24) is 4.98 Å². The van der Waals surface area contributed by atoms with E-state index < -0.39 is 0 Å². The van der Waals surface area contributed by atoms with Gasteiger partial charge in [-0.25, -0.2) is 9.88 Å². The van der Waals surface area contributed by atoms with Crippen LogP contribution in [0.25, 0.3) is 0 Å². The van der Waals surface area contributed by atoms with Gasteiger partial charge in [0.2, 0.25) is 11.8 Å². The first-order valence-electron chi connectivity index (χ1n) is 5.67. The third-order valence-corrected chi connectivity index (χ3v) is 3.82. The van der Waals surface area contributed by atoms with Crippen molar-refractivity contribution in [3.8, 4) is 0 Å². The first kappa shape index (κ1) is 10.7. The second-order valence-corrected chi connectivity index (χ2v) is 4.93. The van der Waals surface area contributed by atoms with E-state index in [1.54, 1.807) is 12.1 Å². The lowest BCUT2D eigenvalue weighted by Crippen LogP contribution is -2.47. The summed E-state index contributed by atoms with van der Waals surface area (Å²) >= 11 is 6.00. The normalized spacial score (nSPS) is 27.7. The van der Waals surface area contributed by atoms with Gasteiger partial charge in [0.05, 0.1) is 5.02 Å². The number of carbonyl (C=O) groups excluding carboxylic acids is 2. The summed E-state index contributed by atoms with van der Waals surface area (Å²) in [5.41, 5.74) is 0. The zero-order chi connectivity index (χ0) is 12.0. The van der Waals surface area contributed by atoms with Gasteiger partial charge in [0, 0.05) is 18.0 Å². The molecule has 1 aromatic heterocycles. The van der Waals surface area contributed by atoms with Crippen molar-refractivity contribution in [2.75, 3.05) is 4.90 Å². The van der Waals surface area contributed by atoms with Crippen LogP contribution in [0.4, 0.5) is 5.82 Å². The highest BCUT2D eigenvalue weighted by Gasteiger charge is 2.46. The highest BCUT2D eigenvalue weighted by atomic mass is 35.5. The molecule has 2 unspecified atom stereocenters. The number of amides is 2. The van der Waals surface area contributed by atoms with Crippen LogP contribution in [0.15, 0.2) is 18.3 Å². The molecule has 0 radical (unpaired) electrons. The number of imide groups is 1. The van der Waals surface area contributed by atoms with Crippen LogP contribution in [-0.2, 0) is 9.59 Å². The maximum Gasteiger partial charge on any atom is 0.238 e. The Labute approximate surface area is 104 Å². The Morgan fingerprint density at radius 1 is 1.24 bits per heavy atom. The molecule has 2 fully saturated rings. The summed E-state index contributed by atoms with van der Waals surface area (Å²) in [5.74, 6) is -0.0824. The fourth-order valence-corrected chi connectivity index (χ4v) is 2.86. The van der Waals surface area contributed by atoms with E-state index in [-0.39, 0.29) is 29.5 Å². The fraction of sp³-hybridized carbons (Fsp3) is 0.417. The average molecular weight is 251 g/mol. The summed E-state index contributed by atoms with van der Waals surface area (Å²) in [6, 6.07) is 3.32. The van der Waals surface area contributed by atoms with Crippen molar-refractivity contribution in [2.24, 2.45) is 11.8 Å². The van der Waals surface area contributed by atoms with Crippen molar-refractivity contribution in [3.63, 3.8) is 0 Å². The molecule has 0 spiro atoms. The van der Waals surface area contributed by atoms with Gasteiger partial charge in [-0.15, -0.1) is 0 Å². The molecule has 2 atom stereocenters. The van der Waals surface area contributed by atoms with Gasteiger partial charge in [0.1, 0.15) is 0 Å². The molecule has 4 nitrogen and oxygen atoms in total. The van der Waals surface area contributed by atoms with Crippen molar-refractivity contribution < 1.29 is 9.59 Å². The number of piperidine rings is 1. The number of rotatable bonds is 1. The lowest BCUT2D eigenvalue weighted by atomic mass is 9.97. The molecule has 0 N–H and O–H groups in total. The first-order valence-corrected chi connectivity index (χ1v) is 6.04. The van der Waals surface area contributed by atoms with Gasteiger partial charge in [-0.3, -0.25) is 9.59 Å². The van der Waals surface area contributed by atoms with Crippen molar-refractivity contribution in [1.29, 1.82) is 0 Å². The summed E-state index contributed by atoms with van der Waals surface area (Å²) in [4.78, 5) is 29.5. The summed E-state index contributed by atoms with van der Waals surface area (Å²) < 4.78 is 0. The van der Waals surface area contributed by atoms with E-state index in [0.717, 1.165) is 12.8 Å². The van der Waals surface area contributed by atoms with Crippen LogP contribution < -0.4 is 4.90 Å². The molecule has 0 aromatic carbocycles. The maximum atomic E-state index is 12.2. The molecule has 1 aliphatic heterocycles. The number of aromatic nitrogens is 1. The minimum absolute atomic E-state index is 0.0317. The second-order valence-electron chi connectivity index (χ2n) is 4.53. The van der Waals surface area contributed by atoms with Gasteiger partial charge in [-0.05, 0) is 31.4 Å². The topological polar surface area (TPSA) is 50.3 Å². The first-order chi connectivity index (χ1) is 8.18. The van der Waals surface area contributed by atoms with Crippen LogP contribution in [0.2, 0.25) is 5.02 Å². The Bertz CT molecular complexity index is 481. The highest BCUT2D eigenvalue weighted by Crippen LogP contribution is 2.40. The molecule has 1 aromatic rings. The smallest absolute Gasteiger partial charge is 0.238 e. The Morgan fingerprint density at radius 3 is 2.47 bits per heavy atom. The van der Waals surface area contributed by atoms with E-state index in [2.05, 4.69) is 4.98 Å². The molecule has 17 heavy (non-hydrogen) atoms. The third-order valence-electron chi connectivity index (χ3n) is 3.52. The fourth-order valence-electron chi connectivity index (χ4n) is 2.65. The number of nitrogens with zero attached hydrogens (tertiary/aromatic N) is 2. The van der Waals surface area contributed by atoms with Crippen LogP contribution in [0.5, 0.6) is 0 Å². The van der Waals surface area contributed by atoms with Crippen LogP contribution in [0, 0.1) is 11.8 Å². The van der Waals surface area contributed by atoms with E-state index in [1.165, 1.54) is 11.1 Å². The summed E-state index contributed by atoms with van der Waals surface area (Å²) in [6.45, 7) is 0. The maximum absolute atomic E-state index is 12.2. The lowest BCUT2D eigenvalue weighted by Gasteiger charge is -2.29. The summed E-state index contributed by atoms with van der Waals surface area (Å²) in [7, 11) is 0. The second kappa shape index (κ2) is 3.81. The largest absolute Gasteiger partial charge is 0.274 e. The van der Waals surface area contributed by atoms with Gasteiger partial charge in [-0.2, -0.15) is 0 Å². The average Bonchev–Trinajstić information content (AvgIpc) is 2.76.